The molecular weight excluding hydrogens is 366 g/mol. The highest BCUT2D eigenvalue weighted by Gasteiger charge is 2.17. The highest BCUT2D eigenvalue weighted by Crippen LogP contribution is 2.21. The van der Waals surface area contributed by atoms with Crippen LogP contribution in [-0.2, 0) is 16.1 Å². The number of nitrogens with zero attached hydrogens (tertiary/aromatic N) is 4. The number of hydrogen-bond acceptors (Lipinski definition) is 6. The van der Waals surface area contributed by atoms with E-state index in [0.29, 0.717) is 36.0 Å². The molecule has 0 aliphatic heterocycles. The Morgan fingerprint density at radius 3 is 2.89 bits per heavy atom. The molecule has 0 bridgehead atoms. The third-order valence-electron chi connectivity index (χ3n) is 4.17. The normalized spacial score (nSPS) is 11.3. The average molecular weight is 389 g/mol. The minimum atomic E-state index is -0.0996. The maximum absolute atomic E-state index is 12.9. The Hall–Kier alpha value is -2.39. The topological polar surface area (TPSA) is 90.5 Å². The maximum Gasteiger partial charge on any atom is 0.262 e. The van der Waals surface area contributed by atoms with Crippen molar-refractivity contribution in [3.8, 4) is 0 Å². The molecule has 0 radical (unpaired) electrons. The van der Waals surface area contributed by atoms with Crippen molar-refractivity contribution in [3.05, 3.63) is 34.6 Å². The fourth-order valence-corrected chi connectivity index (χ4v) is 3.59. The van der Waals surface area contributed by atoms with E-state index >= 15 is 0 Å². The zero-order chi connectivity index (χ0) is 19.2. The fraction of sp³-hybridized carbons (Fsp3) is 0.444. The molecule has 8 nitrogen and oxygen atoms in total. The number of thioether (sulfide) groups is 1. The van der Waals surface area contributed by atoms with Crippen molar-refractivity contribution in [2.75, 3.05) is 26.0 Å². The van der Waals surface area contributed by atoms with Gasteiger partial charge in [0, 0.05) is 20.2 Å². The quantitative estimate of drug-likeness (QED) is 0.442. The van der Waals surface area contributed by atoms with Crippen molar-refractivity contribution in [2.45, 2.75) is 31.5 Å². The van der Waals surface area contributed by atoms with E-state index in [1.165, 1.54) is 11.8 Å². The van der Waals surface area contributed by atoms with Gasteiger partial charge in [-0.15, -0.1) is 10.2 Å². The van der Waals surface area contributed by atoms with Gasteiger partial charge in [0.1, 0.15) is 0 Å². The lowest BCUT2D eigenvalue weighted by Gasteiger charge is -2.10. The first-order chi connectivity index (χ1) is 13.2. The van der Waals surface area contributed by atoms with Crippen LogP contribution in [0.5, 0.6) is 0 Å². The second-order valence-electron chi connectivity index (χ2n) is 6.08. The van der Waals surface area contributed by atoms with Gasteiger partial charge >= 0.3 is 0 Å². The minimum Gasteiger partial charge on any atom is -0.383 e. The third-order valence-corrected chi connectivity index (χ3v) is 5.10. The van der Waals surface area contributed by atoms with Crippen LogP contribution in [0.2, 0.25) is 0 Å². The van der Waals surface area contributed by atoms with Gasteiger partial charge in [0.25, 0.3) is 5.56 Å². The number of para-hydroxylation sites is 1. The number of aryl methyl sites for hydroxylation is 1. The highest BCUT2D eigenvalue weighted by atomic mass is 32.2. The lowest BCUT2D eigenvalue weighted by atomic mass is 10.2. The van der Waals surface area contributed by atoms with Crippen molar-refractivity contribution in [1.82, 2.24) is 24.5 Å². The summed E-state index contributed by atoms with van der Waals surface area (Å²) < 4.78 is 8.45. The predicted molar refractivity (Wildman–Crippen MR) is 105 cm³/mol. The second kappa shape index (κ2) is 9.01. The molecule has 0 unspecified atom stereocenters. The van der Waals surface area contributed by atoms with Crippen LogP contribution in [0.1, 0.15) is 19.8 Å². The second-order valence-corrected chi connectivity index (χ2v) is 7.02. The van der Waals surface area contributed by atoms with Crippen molar-refractivity contribution in [2.24, 2.45) is 0 Å². The molecule has 144 valence electrons. The van der Waals surface area contributed by atoms with E-state index in [1.807, 2.05) is 28.7 Å². The fourth-order valence-electron chi connectivity index (χ4n) is 2.82. The standard InChI is InChI=1S/C18H23N5O3S/c1-3-4-10-22-16(25)13-7-5-6-8-14(13)23-17(22)20-21-18(23)27-12-15(24)19-9-11-26-2/h5-8H,3-4,9-12H2,1-2H3,(H,19,24). The Kier molecular flexibility index (Phi) is 6.46. The molecule has 9 heteroatoms. The summed E-state index contributed by atoms with van der Waals surface area (Å²) >= 11 is 1.30. The number of carbonyl (C=O) groups excluding carboxylic acids is 1. The lowest BCUT2D eigenvalue weighted by molar-refractivity contribution is -0.118. The van der Waals surface area contributed by atoms with Crippen LogP contribution in [-0.4, -0.2) is 51.1 Å². The van der Waals surface area contributed by atoms with Gasteiger partial charge in [-0.2, -0.15) is 0 Å². The smallest absolute Gasteiger partial charge is 0.262 e. The molecule has 0 aliphatic rings. The number of unbranched alkanes of at least 4 members (excludes halogenated alkanes) is 1. The monoisotopic (exact) mass is 389 g/mol. The molecule has 0 aliphatic carbocycles. The number of aromatic nitrogens is 4. The summed E-state index contributed by atoms with van der Waals surface area (Å²) in [4.78, 5) is 24.8. The van der Waals surface area contributed by atoms with E-state index in [9.17, 15) is 9.59 Å². The molecule has 1 aromatic carbocycles. The Morgan fingerprint density at radius 1 is 1.30 bits per heavy atom. The molecule has 3 rings (SSSR count). The van der Waals surface area contributed by atoms with Gasteiger partial charge in [-0.05, 0) is 18.6 Å². The highest BCUT2D eigenvalue weighted by molar-refractivity contribution is 7.99. The Balaban J connectivity index is 1.97. The van der Waals surface area contributed by atoms with Crippen molar-refractivity contribution >= 4 is 34.3 Å². The van der Waals surface area contributed by atoms with E-state index in [4.69, 9.17) is 4.74 Å². The Morgan fingerprint density at radius 2 is 2.11 bits per heavy atom. The van der Waals surface area contributed by atoms with Crippen LogP contribution in [0, 0.1) is 0 Å². The summed E-state index contributed by atoms with van der Waals surface area (Å²) in [6.45, 7) is 3.61. The molecule has 27 heavy (non-hydrogen) atoms. The van der Waals surface area contributed by atoms with Gasteiger partial charge < -0.3 is 10.1 Å². The first-order valence-corrected chi connectivity index (χ1v) is 9.91. The number of rotatable bonds is 9. The average Bonchev–Trinajstić information content (AvgIpc) is 3.10. The molecule has 0 saturated heterocycles. The van der Waals surface area contributed by atoms with Crippen molar-refractivity contribution < 1.29 is 9.53 Å². The summed E-state index contributed by atoms with van der Waals surface area (Å²) in [5, 5.41) is 12.5. The molecule has 0 fully saturated rings. The molecule has 2 heterocycles. The molecule has 1 amide bonds. The van der Waals surface area contributed by atoms with Gasteiger partial charge in [-0.1, -0.05) is 37.2 Å². The molecule has 0 spiro atoms. The van der Waals surface area contributed by atoms with Crippen LogP contribution in [0.25, 0.3) is 16.7 Å². The molecule has 3 aromatic rings. The predicted octanol–water partition coefficient (Wildman–Crippen LogP) is 1.70. The number of benzene rings is 1. The first-order valence-electron chi connectivity index (χ1n) is 8.92. The maximum atomic E-state index is 12.9. The van der Waals surface area contributed by atoms with Gasteiger partial charge in [-0.25, -0.2) is 0 Å². The van der Waals surface area contributed by atoms with Crippen LogP contribution < -0.4 is 10.9 Å². The largest absolute Gasteiger partial charge is 0.383 e. The van der Waals surface area contributed by atoms with Crippen LogP contribution in [0.4, 0.5) is 0 Å². The van der Waals surface area contributed by atoms with Crippen LogP contribution in [0.15, 0.2) is 34.2 Å². The minimum absolute atomic E-state index is 0.0622. The van der Waals surface area contributed by atoms with E-state index in [-0.39, 0.29) is 17.2 Å². The van der Waals surface area contributed by atoms with Crippen molar-refractivity contribution in [3.63, 3.8) is 0 Å². The molecule has 1 N–H and O–H groups in total. The summed E-state index contributed by atoms with van der Waals surface area (Å²) in [5.41, 5.74) is 0.686. The number of fused-ring (bicyclic) bond motifs is 3. The number of amides is 1. The van der Waals surface area contributed by atoms with E-state index in [2.05, 4.69) is 22.4 Å². The summed E-state index contributed by atoms with van der Waals surface area (Å²) in [6.07, 6.45) is 1.86. The number of methoxy groups -OCH3 is 1. The summed E-state index contributed by atoms with van der Waals surface area (Å²) in [7, 11) is 1.59. The van der Waals surface area contributed by atoms with Crippen molar-refractivity contribution in [1.29, 1.82) is 0 Å². The molecule has 0 saturated carbocycles. The van der Waals surface area contributed by atoms with E-state index < -0.39 is 0 Å². The van der Waals surface area contributed by atoms with Gasteiger partial charge in [0.05, 0.1) is 23.3 Å². The van der Waals surface area contributed by atoms with Crippen LogP contribution in [0.3, 0.4) is 0 Å². The summed E-state index contributed by atoms with van der Waals surface area (Å²) in [6, 6.07) is 7.41. The SMILES string of the molecule is CCCCn1c(=O)c2ccccc2n2c(SCC(=O)NCCOC)nnc12. The number of nitrogens with one attached hydrogen (secondary N) is 1. The third kappa shape index (κ3) is 4.14. The number of carbonyl (C=O) groups is 1. The first kappa shape index (κ1) is 19.4. The lowest BCUT2D eigenvalue weighted by Crippen LogP contribution is -2.28. The Bertz CT molecular complexity index is 998. The number of ether oxygens (including phenoxy) is 1. The van der Waals surface area contributed by atoms with Crippen LogP contribution >= 0.6 is 11.8 Å². The zero-order valence-electron chi connectivity index (χ0n) is 15.5. The molecular formula is C18H23N5O3S. The van der Waals surface area contributed by atoms with Gasteiger partial charge in [-0.3, -0.25) is 18.6 Å². The van der Waals surface area contributed by atoms with E-state index in [1.54, 1.807) is 11.7 Å². The Labute approximate surface area is 160 Å². The molecule has 0 atom stereocenters. The van der Waals surface area contributed by atoms with E-state index in [0.717, 1.165) is 18.4 Å². The molecule has 2 aromatic heterocycles. The summed E-state index contributed by atoms with van der Waals surface area (Å²) in [5.74, 6) is 0.624. The van der Waals surface area contributed by atoms with Gasteiger partial charge in [0.15, 0.2) is 5.16 Å². The zero-order valence-corrected chi connectivity index (χ0v) is 16.3. The number of hydrogen-bond donors (Lipinski definition) is 1. The van der Waals surface area contributed by atoms with Gasteiger partial charge in [0.2, 0.25) is 11.7 Å².